The number of nitrogens with one attached hydrogen (secondary N) is 1. The largest absolute Gasteiger partial charge is 0.483 e. The lowest BCUT2D eigenvalue weighted by Gasteiger charge is -2.46. The van der Waals surface area contributed by atoms with Gasteiger partial charge in [0.15, 0.2) is 0 Å². The lowest BCUT2D eigenvalue weighted by atomic mass is 9.71. The molecule has 4 rings (SSSR count). The van der Waals surface area contributed by atoms with E-state index in [-0.39, 0.29) is 24.8 Å². The third-order valence-electron chi connectivity index (χ3n) is 5.44. The standard InChI is InChI=1S/C18H21N5O3.CH2O2/c24-15-6-9-22(10-18(15)7-3-8-19-17(18)26)16(25)13-4-1-2-5-14(13)23-11-20-21-12-23;2-1-3/h1-2,4-5,11-12,15,24H,3,6-10H2,(H,19,26);1H,(H,2,3)/t15-,18-;/m1./s1. The van der Waals surface area contributed by atoms with Crippen LogP contribution in [0.4, 0.5) is 0 Å². The molecular weight excluding hydrogens is 378 g/mol. The highest BCUT2D eigenvalue weighted by Crippen LogP contribution is 2.38. The van der Waals surface area contributed by atoms with Crippen molar-refractivity contribution in [1.82, 2.24) is 25.0 Å². The topological polar surface area (TPSA) is 138 Å². The van der Waals surface area contributed by atoms with E-state index in [4.69, 9.17) is 9.90 Å². The number of amides is 2. The molecule has 0 aliphatic carbocycles. The fourth-order valence-electron chi connectivity index (χ4n) is 3.99. The zero-order valence-corrected chi connectivity index (χ0v) is 15.8. The number of hydrogen-bond donors (Lipinski definition) is 3. The molecule has 29 heavy (non-hydrogen) atoms. The van der Waals surface area contributed by atoms with Gasteiger partial charge in [-0.1, -0.05) is 12.1 Å². The van der Waals surface area contributed by atoms with Gasteiger partial charge in [0.25, 0.3) is 12.4 Å². The van der Waals surface area contributed by atoms with E-state index in [2.05, 4.69) is 15.5 Å². The molecule has 0 unspecified atom stereocenters. The Balaban J connectivity index is 0.000000755. The summed E-state index contributed by atoms with van der Waals surface area (Å²) in [4.78, 5) is 35.8. The van der Waals surface area contributed by atoms with Gasteiger partial charge in [-0.05, 0) is 31.4 Å². The Kier molecular flexibility index (Phi) is 6.23. The summed E-state index contributed by atoms with van der Waals surface area (Å²) in [5.74, 6) is -0.306. The fourth-order valence-corrected chi connectivity index (χ4v) is 3.99. The quantitative estimate of drug-likeness (QED) is 0.606. The summed E-state index contributed by atoms with van der Waals surface area (Å²) in [7, 11) is 0. The summed E-state index contributed by atoms with van der Waals surface area (Å²) in [6, 6.07) is 7.25. The number of piperidine rings is 2. The average Bonchev–Trinajstić information content (AvgIpc) is 3.27. The number of para-hydroxylation sites is 1. The average molecular weight is 401 g/mol. The number of hydrogen-bond acceptors (Lipinski definition) is 6. The molecule has 10 heteroatoms. The van der Waals surface area contributed by atoms with Crippen LogP contribution in [-0.2, 0) is 9.59 Å². The number of aromatic nitrogens is 3. The molecule has 2 fully saturated rings. The zero-order chi connectivity index (χ0) is 20.9. The van der Waals surface area contributed by atoms with Crippen LogP contribution in [0.2, 0.25) is 0 Å². The molecule has 154 valence electrons. The van der Waals surface area contributed by atoms with E-state index in [1.54, 1.807) is 28.2 Å². The molecule has 2 amide bonds. The molecule has 2 aliphatic rings. The third kappa shape index (κ3) is 3.97. The minimum Gasteiger partial charge on any atom is -0.483 e. The number of likely N-dealkylation sites (tertiary alicyclic amines) is 1. The normalized spacial score (nSPS) is 23.7. The Bertz CT molecular complexity index is 872. The second kappa shape index (κ2) is 8.82. The first-order chi connectivity index (χ1) is 14.0. The maximum atomic E-state index is 13.2. The monoisotopic (exact) mass is 401 g/mol. The van der Waals surface area contributed by atoms with E-state index in [1.165, 1.54) is 0 Å². The zero-order valence-electron chi connectivity index (χ0n) is 15.8. The van der Waals surface area contributed by atoms with Crippen LogP contribution in [-0.4, -0.2) is 73.9 Å². The molecule has 0 bridgehead atoms. The molecule has 1 aromatic carbocycles. The SMILES string of the molecule is O=C(c1ccccc1-n1cnnc1)N1CC[C@@H](O)[C@@]2(CCCNC2=O)C1.O=CO. The summed E-state index contributed by atoms with van der Waals surface area (Å²) >= 11 is 0. The highest BCUT2D eigenvalue weighted by Gasteiger charge is 2.50. The number of aliphatic hydroxyl groups excluding tert-OH is 1. The number of carboxylic acid groups (broad SMARTS) is 1. The molecule has 1 spiro atoms. The predicted octanol–water partition coefficient (Wildman–Crippen LogP) is 0.0713. The molecule has 2 saturated heterocycles. The number of benzene rings is 1. The van der Waals surface area contributed by atoms with Crippen LogP contribution < -0.4 is 5.32 Å². The Morgan fingerprint density at radius 3 is 2.66 bits per heavy atom. The second-order valence-corrected chi connectivity index (χ2v) is 7.04. The summed E-state index contributed by atoms with van der Waals surface area (Å²) in [5.41, 5.74) is 0.309. The number of nitrogens with zero attached hydrogens (tertiary/aromatic N) is 4. The first kappa shape index (κ1) is 20.5. The van der Waals surface area contributed by atoms with Crippen molar-refractivity contribution in [1.29, 1.82) is 0 Å². The van der Waals surface area contributed by atoms with Crippen molar-refractivity contribution in [3.63, 3.8) is 0 Å². The molecule has 0 radical (unpaired) electrons. The molecular formula is C19H23N5O5. The summed E-state index contributed by atoms with van der Waals surface area (Å²) < 4.78 is 1.69. The van der Waals surface area contributed by atoms with Gasteiger partial charge in [0, 0.05) is 19.6 Å². The second-order valence-electron chi connectivity index (χ2n) is 7.04. The van der Waals surface area contributed by atoms with Gasteiger partial charge in [-0.15, -0.1) is 10.2 Å². The lowest BCUT2D eigenvalue weighted by molar-refractivity contribution is -0.147. The first-order valence-corrected chi connectivity index (χ1v) is 9.31. The number of carbonyl (C=O) groups is 3. The molecule has 1 aromatic heterocycles. The predicted molar refractivity (Wildman–Crippen MR) is 101 cm³/mol. The number of aliphatic hydroxyl groups is 1. The maximum absolute atomic E-state index is 13.2. The Hall–Kier alpha value is -3.27. The van der Waals surface area contributed by atoms with Crippen molar-refractivity contribution in [2.24, 2.45) is 5.41 Å². The third-order valence-corrected chi connectivity index (χ3v) is 5.44. The lowest BCUT2D eigenvalue weighted by Crippen LogP contribution is -2.62. The number of rotatable bonds is 2. The summed E-state index contributed by atoms with van der Waals surface area (Å²) in [6.07, 6.45) is 4.16. The Labute approximate surface area is 167 Å². The van der Waals surface area contributed by atoms with Gasteiger partial charge in [-0.25, -0.2) is 0 Å². The minimum atomic E-state index is -0.905. The molecule has 0 saturated carbocycles. The maximum Gasteiger partial charge on any atom is 0.290 e. The molecule has 2 aromatic rings. The number of carbonyl (C=O) groups excluding carboxylic acids is 2. The Morgan fingerprint density at radius 1 is 1.28 bits per heavy atom. The van der Waals surface area contributed by atoms with Crippen LogP contribution in [0.15, 0.2) is 36.9 Å². The van der Waals surface area contributed by atoms with Crippen molar-refractivity contribution in [2.75, 3.05) is 19.6 Å². The highest BCUT2D eigenvalue weighted by atomic mass is 16.3. The summed E-state index contributed by atoms with van der Waals surface area (Å²) in [6.45, 7) is 1.03. The fraction of sp³-hybridized carbons (Fsp3) is 0.421. The highest BCUT2D eigenvalue weighted by molar-refractivity contribution is 5.98. The molecule has 3 N–H and O–H groups in total. The van der Waals surface area contributed by atoms with Gasteiger partial charge < -0.3 is 20.4 Å². The molecule has 2 aliphatic heterocycles. The van der Waals surface area contributed by atoms with Gasteiger partial charge in [-0.2, -0.15) is 0 Å². The van der Waals surface area contributed by atoms with E-state index < -0.39 is 11.5 Å². The van der Waals surface area contributed by atoms with Crippen molar-refractivity contribution in [3.8, 4) is 5.69 Å². The van der Waals surface area contributed by atoms with Crippen LogP contribution in [0, 0.1) is 5.41 Å². The van der Waals surface area contributed by atoms with Gasteiger partial charge in [0.2, 0.25) is 5.91 Å². The van der Waals surface area contributed by atoms with Gasteiger partial charge in [-0.3, -0.25) is 19.0 Å². The molecule has 10 nitrogen and oxygen atoms in total. The van der Waals surface area contributed by atoms with Crippen molar-refractivity contribution in [2.45, 2.75) is 25.4 Å². The van der Waals surface area contributed by atoms with E-state index in [9.17, 15) is 14.7 Å². The van der Waals surface area contributed by atoms with E-state index in [0.717, 1.165) is 6.42 Å². The van der Waals surface area contributed by atoms with Crippen LogP contribution in [0.5, 0.6) is 0 Å². The van der Waals surface area contributed by atoms with Crippen molar-refractivity contribution < 1.29 is 24.6 Å². The molecule has 3 heterocycles. The van der Waals surface area contributed by atoms with Crippen molar-refractivity contribution in [3.05, 3.63) is 42.5 Å². The Morgan fingerprint density at radius 2 is 1.97 bits per heavy atom. The van der Waals surface area contributed by atoms with Crippen LogP contribution in [0.25, 0.3) is 5.69 Å². The molecule has 2 atom stereocenters. The van der Waals surface area contributed by atoms with E-state index in [0.29, 0.717) is 37.2 Å². The van der Waals surface area contributed by atoms with E-state index >= 15 is 0 Å². The van der Waals surface area contributed by atoms with Crippen LogP contribution >= 0.6 is 0 Å². The van der Waals surface area contributed by atoms with Gasteiger partial charge >= 0.3 is 0 Å². The van der Waals surface area contributed by atoms with Crippen molar-refractivity contribution >= 4 is 18.3 Å². The minimum absolute atomic E-state index is 0.152. The van der Waals surface area contributed by atoms with Gasteiger partial charge in [0.05, 0.1) is 22.8 Å². The smallest absolute Gasteiger partial charge is 0.290 e. The van der Waals surface area contributed by atoms with Crippen LogP contribution in [0.3, 0.4) is 0 Å². The summed E-state index contributed by atoms with van der Waals surface area (Å²) in [5, 5.41) is 27.9. The van der Waals surface area contributed by atoms with Gasteiger partial charge in [0.1, 0.15) is 12.7 Å². The van der Waals surface area contributed by atoms with E-state index in [1.807, 2.05) is 18.2 Å². The first-order valence-electron chi connectivity index (χ1n) is 9.31. The van der Waals surface area contributed by atoms with Crippen LogP contribution in [0.1, 0.15) is 29.6 Å².